The Kier molecular flexibility index (Phi) is 4.11. The maximum Gasteiger partial charge on any atom is 0.141 e. The molecule has 2 N–H and O–H groups in total. The van der Waals surface area contributed by atoms with Crippen molar-refractivity contribution in [2.45, 2.75) is 18.8 Å². The Morgan fingerprint density at radius 1 is 1.39 bits per heavy atom. The molecule has 18 heavy (non-hydrogen) atoms. The Hall–Kier alpha value is -1.24. The highest BCUT2D eigenvalue weighted by atomic mass is 19.1. The van der Waals surface area contributed by atoms with Crippen LogP contribution in [0.15, 0.2) is 12.3 Å². The topological polar surface area (TPSA) is 60.6 Å². The molecular weight excluding hydrogens is 237 g/mol. The third-order valence-corrected chi connectivity index (χ3v) is 3.25. The van der Waals surface area contributed by atoms with Crippen molar-refractivity contribution in [3.05, 3.63) is 23.6 Å². The first-order valence-electron chi connectivity index (χ1n) is 5.84. The van der Waals surface area contributed by atoms with Crippen molar-refractivity contribution in [2.75, 3.05) is 32.2 Å². The molecular formula is C12H18FN3O2. The molecule has 1 aliphatic rings. The van der Waals surface area contributed by atoms with E-state index in [1.165, 1.54) is 12.3 Å². The summed E-state index contributed by atoms with van der Waals surface area (Å²) >= 11 is 0. The monoisotopic (exact) mass is 255 g/mol. The lowest BCUT2D eigenvalue weighted by Gasteiger charge is -2.19. The van der Waals surface area contributed by atoms with Crippen molar-refractivity contribution in [1.29, 1.82) is 0 Å². The standard InChI is InChI=1S/C12H18FN3O2/c1-17-10-6-16(7-11(10)18-2)12-8(4-14)3-9(13)5-15-12/h3,5,10-11H,4,6-7,14H2,1-2H3. The number of anilines is 1. The van der Waals surface area contributed by atoms with Gasteiger partial charge in [0.25, 0.3) is 0 Å². The molecule has 100 valence electrons. The van der Waals surface area contributed by atoms with E-state index in [0.717, 1.165) is 0 Å². The molecule has 0 radical (unpaired) electrons. The molecule has 2 atom stereocenters. The van der Waals surface area contributed by atoms with E-state index in [0.29, 0.717) is 24.5 Å². The molecule has 1 fully saturated rings. The van der Waals surface area contributed by atoms with E-state index >= 15 is 0 Å². The molecule has 1 aromatic rings. The summed E-state index contributed by atoms with van der Waals surface area (Å²) < 4.78 is 23.8. The van der Waals surface area contributed by atoms with Gasteiger partial charge in [0, 0.05) is 39.4 Å². The molecule has 1 saturated heterocycles. The van der Waals surface area contributed by atoms with Crippen LogP contribution in [0.5, 0.6) is 0 Å². The third-order valence-electron chi connectivity index (χ3n) is 3.25. The number of rotatable bonds is 4. The second kappa shape index (κ2) is 5.60. The fourth-order valence-corrected chi connectivity index (χ4v) is 2.28. The van der Waals surface area contributed by atoms with Crippen LogP contribution < -0.4 is 10.6 Å². The van der Waals surface area contributed by atoms with E-state index < -0.39 is 0 Å². The highest BCUT2D eigenvalue weighted by Gasteiger charge is 2.34. The molecule has 6 heteroatoms. The van der Waals surface area contributed by atoms with Crippen LogP contribution in [-0.2, 0) is 16.0 Å². The summed E-state index contributed by atoms with van der Waals surface area (Å²) in [6.07, 6.45) is 1.19. The van der Waals surface area contributed by atoms with Crippen LogP contribution in [0.3, 0.4) is 0 Å². The highest BCUT2D eigenvalue weighted by Crippen LogP contribution is 2.25. The molecule has 0 amide bonds. The summed E-state index contributed by atoms with van der Waals surface area (Å²) in [7, 11) is 3.31. The number of halogens is 1. The number of aromatic nitrogens is 1. The largest absolute Gasteiger partial charge is 0.377 e. The number of ether oxygens (including phenoxy) is 2. The highest BCUT2D eigenvalue weighted by molar-refractivity contribution is 5.48. The van der Waals surface area contributed by atoms with E-state index in [9.17, 15) is 4.39 Å². The smallest absolute Gasteiger partial charge is 0.141 e. The first-order chi connectivity index (χ1) is 8.69. The summed E-state index contributed by atoms with van der Waals surface area (Å²) in [5.41, 5.74) is 6.32. The second-order valence-corrected chi connectivity index (χ2v) is 4.29. The number of nitrogens with two attached hydrogens (primary N) is 1. The van der Waals surface area contributed by atoms with E-state index in [2.05, 4.69) is 4.98 Å². The Balaban J connectivity index is 2.22. The predicted molar refractivity (Wildman–Crippen MR) is 65.9 cm³/mol. The lowest BCUT2D eigenvalue weighted by atomic mass is 10.2. The van der Waals surface area contributed by atoms with Gasteiger partial charge in [-0.2, -0.15) is 0 Å². The molecule has 0 spiro atoms. The molecule has 0 bridgehead atoms. The van der Waals surface area contributed by atoms with Gasteiger partial charge in [-0.05, 0) is 6.07 Å². The van der Waals surface area contributed by atoms with Crippen molar-refractivity contribution < 1.29 is 13.9 Å². The van der Waals surface area contributed by atoms with Crippen molar-refractivity contribution in [1.82, 2.24) is 4.98 Å². The van der Waals surface area contributed by atoms with Gasteiger partial charge in [0.15, 0.2) is 0 Å². The quantitative estimate of drug-likeness (QED) is 0.850. The minimum atomic E-state index is -0.370. The number of hydrogen-bond donors (Lipinski definition) is 1. The predicted octanol–water partition coefficient (Wildman–Crippen LogP) is 0.529. The van der Waals surface area contributed by atoms with Gasteiger partial charge in [0.2, 0.25) is 0 Å². The molecule has 5 nitrogen and oxygen atoms in total. The average molecular weight is 255 g/mol. The summed E-state index contributed by atoms with van der Waals surface area (Å²) in [5, 5.41) is 0. The Morgan fingerprint density at radius 2 is 2.00 bits per heavy atom. The molecule has 0 saturated carbocycles. The number of hydrogen-bond acceptors (Lipinski definition) is 5. The van der Waals surface area contributed by atoms with E-state index in [1.807, 2.05) is 4.90 Å². The van der Waals surface area contributed by atoms with Gasteiger partial charge >= 0.3 is 0 Å². The summed E-state index contributed by atoms with van der Waals surface area (Å²) in [5.74, 6) is 0.338. The molecule has 1 aromatic heterocycles. The minimum Gasteiger partial charge on any atom is -0.377 e. The summed E-state index contributed by atoms with van der Waals surface area (Å²) in [6, 6.07) is 1.42. The van der Waals surface area contributed by atoms with Crippen LogP contribution in [-0.4, -0.2) is 44.5 Å². The van der Waals surface area contributed by atoms with Gasteiger partial charge in [-0.1, -0.05) is 0 Å². The maximum absolute atomic E-state index is 13.1. The maximum atomic E-state index is 13.1. The van der Waals surface area contributed by atoms with Gasteiger partial charge in [-0.15, -0.1) is 0 Å². The van der Waals surface area contributed by atoms with Crippen LogP contribution in [0.4, 0.5) is 10.2 Å². The molecule has 2 unspecified atom stereocenters. The van der Waals surface area contributed by atoms with Crippen LogP contribution >= 0.6 is 0 Å². The van der Waals surface area contributed by atoms with Gasteiger partial charge in [0.1, 0.15) is 23.8 Å². The molecule has 2 rings (SSSR count). The van der Waals surface area contributed by atoms with E-state index in [-0.39, 0.29) is 24.6 Å². The fraction of sp³-hybridized carbons (Fsp3) is 0.583. The lowest BCUT2D eigenvalue weighted by molar-refractivity contribution is -0.00461. The lowest BCUT2D eigenvalue weighted by Crippen LogP contribution is -2.27. The first-order valence-corrected chi connectivity index (χ1v) is 5.84. The molecule has 0 aromatic carbocycles. The van der Waals surface area contributed by atoms with Crippen LogP contribution in [0.25, 0.3) is 0 Å². The molecule has 1 aliphatic heterocycles. The van der Waals surface area contributed by atoms with Crippen molar-refractivity contribution in [2.24, 2.45) is 5.73 Å². The SMILES string of the molecule is COC1CN(c2ncc(F)cc2CN)CC1OC. The van der Waals surface area contributed by atoms with Crippen molar-refractivity contribution in [3.63, 3.8) is 0 Å². The Bertz CT molecular complexity index is 404. The van der Waals surface area contributed by atoms with Gasteiger partial charge in [-0.3, -0.25) is 0 Å². The van der Waals surface area contributed by atoms with E-state index in [4.69, 9.17) is 15.2 Å². The zero-order chi connectivity index (χ0) is 13.1. The van der Waals surface area contributed by atoms with Gasteiger partial charge in [-0.25, -0.2) is 9.37 Å². The van der Waals surface area contributed by atoms with Crippen LogP contribution in [0, 0.1) is 5.82 Å². The zero-order valence-electron chi connectivity index (χ0n) is 10.6. The van der Waals surface area contributed by atoms with Crippen molar-refractivity contribution >= 4 is 5.82 Å². The number of pyridine rings is 1. The molecule has 2 heterocycles. The minimum absolute atomic E-state index is 0.00697. The molecule has 0 aliphatic carbocycles. The van der Waals surface area contributed by atoms with Crippen molar-refractivity contribution in [3.8, 4) is 0 Å². The Morgan fingerprint density at radius 3 is 2.50 bits per heavy atom. The Labute approximate surface area is 106 Å². The summed E-state index contributed by atoms with van der Waals surface area (Å²) in [4.78, 5) is 6.15. The number of methoxy groups -OCH3 is 2. The van der Waals surface area contributed by atoms with E-state index in [1.54, 1.807) is 14.2 Å². The normalized spacial score (nSPS) is 23.7. The fourth-order valence-electron chi connectivity index (χ4n) is 2.28. The van der Waals surface area contributed by atoms with Crippen LogP contribution in [0.1, 0.15) is 5.56 Å². The average Bonchev–Trinajstić information content (AvgIpc) is 2.81. The third kappa shape index (κ3) is 2.45. The first kappa shape index (κ1) is 13.2. The summed E-state index contributed by atoms with van der Waals surface area (Å²) in [6.45, 7) is 1.59. The zero-order valence-corrected chi connectivity index (χ0v) is 10.6. The second-order valence-electron chi connectivity index (χ2n) is 4.29. The number of nitrogens with zero attached hydrogens (tertiary/aromatic N) is 2. The van der Waals surface area contributed by atoms with Gasteiger partial charge < -0.3 is 20.1 Å². The van der Waals surface area contributed by atoms with Gasteiger partial charge in [0.05, 0.1) is 6.20 Å². The van der Waals surface area contributed by atoms with Crippen LogP contribution in [0.2, 0.25) is 0 Å².